The Hall–Kier alpha value is -6.72. The number of carbonyl (C=O) groups is 2. The lowest BCUT2D eigenvalue weighted by Crippen LogP contribution is -2.43. The number of thiophene rings is 2. The van der Waals surface area contributed by atoms with Gasteiger partial charge in [-0.1, -0.05) is 7.43 Å². The van der Waals surface area contributed by atoms with Crippen molar-refractivity contribution in [3.05, 3.63) is 110 Å². The topological polar surface area (TPSA) is 189 Å². The Kier molecular flexibility index (Phi) is 15.8. The number of H-pyrrole nitrogens is 2. The van der Waals surface area contributed by atoms with Gasteiger partial charge in [0.1, 0.15) is 36.2 Å². The maximum Gasteiger partial charge on any atom is 0.498 e. The standard InChI is InChI=1S/C24H25N5O3S.C21H22BrN3O3S.C9H15BN2O2.CH4/c1-24(2,3)28(4)23(30)21-18-12-32-20-9-19(31-5)16(14-10-25-26-11-14)8-17(20)22(18)29(27-21)15-6-7-33-13-15;1-21(2,3)24(4)20(26)18-14-10-28-16-9-17(27-5)15(22)8-13(16)19(14)25(23-18)12-6-7-29-11-12;1-8(2)9(3,4)14-10(13-8)7-5-11-12-6-7;/h6-11,13H,12H2,1-5H3,(H,25,26);6-9,11H,10H2,1-5H3;5-6H,1-4H3,(H,11,12);1H4. The normalized spacial score (nSPS) is 14.6. The van der Waals surface area contributed by atoms with Crippen molar-refractivity contribution in [3.8, 4) is 68.0 Å². The lowest BCUT2D eigenvalue weighted by Gasteiger charge is -2.32. The molecular weight excluding hydrogens is 1080 g/mol. The molecule has 3 aliphatic rings. The number of aromatic nitrogens is 8. The predicted octanol–water partition coefficient (Wildman–Crippen LogP) is 11.2. The van der Waals surface area contributed by atoms with Crippen LogP contribution in [0, 0.1) is 0 Å². The molecule has 0 radical (unpaired) electrons. The van der Waals surface area contributed by atoms with Gasteiger partial charge in [0.2, 0.25) is 0 Å². The number of rotatable bonds is 8. The van der Waals surface area contributed by atoms with E-state index in [4.69, 9.17) is 38.5 Å². The number of amides is 2. The van der Waals surface area contributed by atoms with Crippen LogP contribution in [0.15, 0.2) is 87.2 Å². The molecule has 0 unspecified atom stereocenters. The van der Waals surface area contributed by atoms with Gasteiger partial charge >= 0.3 is 7.12 Å². The molecule has 6 aromatic heterocycles. The average molecular weight is 1150 g/mol. The molecule has 8 aromatic rings. The van der Waals surface area contributed by atoms with Crippen LogP contribution in [0.25, 0.3) is 45.0 Å². The molecule has 0 bridgehead atoms. The molecule has 22 heteroatoms. The van der Waals surface area contributed by atoms with E-state index in [1.807, 2.05) is 143 Å². The van der Waals surface area contributed by atoms with Crippen molar-refractivity contribution in [3.63, 3.8) is 0 Å². The molecule has 11 rings (SSSR count). The minimum absolute atomic E-state index is 0. The fourth-order valence-electron chi connectivity index (χ4n) is 8.45. The first-order valence-corrected chi connectivity index (χ1v) is 27.2. The Morgan fingerprint density at radius 3 is 1.58 bits per heavy atom. The first-order valence-electron chi connectivity index (χ1n) is 24.5. The van der Waals surface area contributed by atoms with E-state index in [0.717, 1.165) is 66.1 Å². The third kappa shape index (κ3) is 10.8. The predicted molar refractivity (Wildman–Crippen MR) is 306 cm³/mol. The zero-order valence-electron chi connectivity index (χ0n) is 45.1. The molecule has 0 saturated carbocycles. The molecule has 1 saturated heterocycles. The molecule has 0 spiro atoms. The molecule has 77 heavy (non-hydrogen) atoms. The highest BCUT2D eigenvalue weighted by atomic mass is 79.9. The van der Waals surface area contributed by atoms with Gasteiger partial charge in [-0.3, -0.25) is 19.8 Å². The lowest BCUT2D eigenvalue weighted by molar-refractivity contribution is 0.00578. The number of hydrogen-bond donors (Lipinski definition) is 2. The summed E-state index contributed by atoms with van der Waals surface area (Å²) in [5.74, 6) is 2.51. The van der Waals surface area contributed by atoms with Crippen molar-refractivity contribution in [2.45, 2.75) is 112 Å². The minimum Gasteiger partial charge on any atom is -0.496 e. The van der Waals surface area contributed by atoms with Gasteiger partial charge in [0.25, 0.3) is 11.8 Å². The van der Waals surface area contributed by atoms with Crippen molar-refractivity contribution < 1.29 is 37.8 Å². The van der Waals surface area contributed by atoms with Gasteiger partial charge in [0.15, 0.2) is 11.4 Å². The number of nitrogens with zero attached hydrogens (tertiary/aromatic N) is 8. The van der Waals surface area contributed by atoms with Crippen LogP contribution in [0.5, 0.6) is 23.0 Å². The van der Waals surface area contributed by atoms with Gasteiger partial charge in [0.05, 0.1) is 58.9 Å². The van der Waals surface area contributed by atoms with Crippen LogP contribution in [0.2, 0.25) is 0 Å². The zero-order chi connectivity index (χ0) is 54.6. The summed E-state index contributed by atoms with van der Waals surface area (Å²) in [6, 6.07) is 11.7. The van der Waals surface area contributed by atoms with Gasteiger partial charge in [-0.05, 0) is 120 Å². The van der Waals surface area contributed by atoms with Crippen LogP contribution >= 0.6 is 38.6 Å². The van der Waals surface area contributed by atoms with Gasteiger partial charge in [-0.2, -0.15) is 43.1 Å². The van der Waals surface area contributed by atoms with Crippen molar-refractivity contribution in [1.29, 1.82) is 0 Å². The van der Waals surface area contributed by atoms with Crippen LogP contribution in [-0.4, -0.2) is 119 Å². The van der Waals surface area contributed by atoms with Crippen LogP contribution in [0.3, 0.4) is 0 Å². The second-order valence-corrected chi connectivity index (χ2v) is 23.8. The van der Waals surface area contributed by atoms with Crippen LogP contribution < -0.4 is 24.4 Å². The third-order valence-corrected chi connectivity index (χ3v) is 16.1. The molecule has 18 nitrogen and oxygen atoms in total. The largest absolute Gasteiger partial charge is 0.498 e. The van der Waals surface area contributed by atoms with Gasteiger partial charge < -0.3 is 38.1 Å². The van der Waals surface area contributed by atoms with Gasteiger partial charge in [-0.25, -0.2) is 9.36 Å². The van der Waals surface area contributed by atoms with Gasteiger partial charge in [0, 0.05) is 106 Å². The summed E-state index contributed by atoms with van der Waals surface area (Å²) in [6.45, 7) is 20.7. The number of carbonyl (C=O) groups excluding carboxylic acids is 2. The number of aromatic amines is 2. The number of halogens is 1. The van der Waals surface area contributed by atoms with E-state index in [1.165, 1.54) is 0 Å². The average Bonchev–Trinajstić information content (AvgIpc) is 4.29. The van der Waals surface area contributed by atoms with Crippen LogP contribution in [0.4, 0.5) is 0 Å². The van der Waals surface area contributed by atoms with E-state index in [2.05, 4.69) is 36.3 Å². The molecular formula is C55H66BBrN10O8S2. The minimum atomic E-state index is -0.342. The zero-order valence-corrected chi connectivity index (χ0v) is 48.3. The summed E-state index contributed by atoms with van der Waals surface area (Å²) in [5, 5.41) is 31.1. The third-order valence-electron chi connectivity index (χ3n) is 14.2. The number of methoxy groups -OCH3 is 2. The molecule has 2 N–H and O–H groups in total. The summed E-state index contributed by atoms with van der Waals surface area (Å²) in [7, 11) is 6.55. The molecule has 2 amide bonds. The van der Waals surface area contributed by atoms with E-state index < -0.39 is 0 Å². The van der Waals surface area contributed by atoms with Crippen molar-refractivity contribution in [2.75, 3.05) is 28.3 Å². The maximum absolute atomic E-state index is 13.5. The second-order valence-electron chi connectivity index (χ2n) is 21.4. The number of hydrogen-bond acceptors (Lipinski definition) is 14. The van der Waals surface area contributed by atoms with Crippen LogP contribution in [0.1, 0.15) is 109 Å². The van der Waals surface area contributed by atoms with E-state index in [9.17, 15) is 9.59 Å². The second kappa shape index (κ2) is 21.6. The fourth-order valence-corrected chi connectivity index (χ4v) is 10.2. The monoisotopic (exact) mass is 1150 g/mol. The summed E-state index contributed by atoms with van der Waals surface area (Å²) in [6.07, 6.45) is 7.08. The molecule has 1 fully saturated rings. The number of benzene rings is 2. The Labute approximate surface area is 466 Å². The van der Waals surface area contributed by atoms with Gasteiger partial charge in [-0.15, -0.1) is 0 Å². The van der Waals surface area contributed by atoms with E-state index in [0.29, 0.717) is 34.4 Å². The molecule has 0 atom stereocenters. The Balaban J connectivity index is 0.000000163. The SMILES string of the molecule is C.CC1(C)OB(c2cn[nH]c2)OC1(C)C.COc1cc2c(cc1-c1cn[nH]c1)-c1c(c(C(=O)N(C)C(C)(C)C)nn1-c1ccsc1)CO2.COc1cc2c(cc1Br)-c1c(c(C(=O)N(C)C(C)(C)C)nn1-c1ccsc1)CO2. The first-order chi connectivity index (χ1) is 35.9. The van der Waals surface area contributed by atoms with E-state index >= 15 is 0 Å². The maximum atomic E-state index is 13.5. The Morgan fingerprint density at radius 2 is 1.17 bits per heavy atom. The molecule has 406 valence electrons. The number of fused-ring (bicyclic) bond motifs is 6. The number of ether oxygens (including phenoxy) is 4. The molecule has 9 heterocycles. The van der Waals surface area contributed by atoms with Crippen molar-refractivity contribution in [1.82, 2.24) is 49.8 Å². The summed E-state index contributed by atoms with van der Waals surface area (Å²) in [4.78, 5) is 30.2. The lowest BCUT2D eigenvalue weighted by atomic mass is 9.82. The Morgan fingerprint density at radius 1 is 0.701 bits per heavy atom. The smallest absolute Gasteiger partial charge is 0.496 e. The molecule has 3 aliphatic heterocycles. The quantitative estimate of drug-likeness (QED) is 0.137. The highest BCUT2D eigenvalue weighted by molar-refractivity contribution is 9.10. The van der Waals surface area contributed by atoms with Crippen molar-refractivity contribution in [2.24, 2.45) is 0 Å². The highest BCUT2D eigenvalue weighted by Crippen LogP contribution is 2.48. The summed E-state index contributed by atoms with van der Waals surface area (Å²) in [5.41, 5.74) is 9.14. The van der Waals surface area contributed by atoms with Crippen LogP contribution in [-0.2, 0) is 22.5 Å². The summed E-state index contributed by atoms with van der Waals surface area (Å²) < 4.78 is 39.3. The fraction of sp³-hybridized carbons (Fsp3) is 0.382. The Bertz CT molecular complexity index is 3360. The first kappa shape index (κ1) is 56.5. The van der Waals surface area contributed by atoms with E-state index in [1.54, 1.807) is 79.4 Å². The summed E-state index contributed by atoms with van der Waals surface area (Å²) >= 11 is 6.73. The molecule has 0 aliphatic carbocycles. The number of nitrogens with one attached hydrogen (secondary N) is 2. The van der Waals surface area contributed by atoms with E-state index in [-0.39, 0.29) is 61.9 Å². The van der Waals surface area contributed by atoms with Crippen molar-refractivity contribution >= 4 is 63.0 Å². The highest BCUT2D eigenvalue weighted by Gasteiger charge is 2.52. The molecule has 2 aromatic carbocycles.